The van der Waals surface area contributed by atoms with Gasteiger partial charge in [-0.25, -0.2) is 0 Å². The largest absolute Gasteiger partial charge is 0.311 e. The fourth-order valence-corrected chi connectivity index (χ4v) is 16.8. The quantitative estimate of drug-likeness (QED) is 0.0283. The summed E-state index contributed by atoms with van der Waals surface area (Å²) in [7, 11) is 0. The highest BCUT2D eigenvalue weighted by Crippen LogP contribution is 2.62. The van der Waals surface area contributed by atoms with Crippen LogP contribution >= 0.6 is 0 Å². The highest BCUT2D eigenvalue weighted by molar-refractivity contribution is 5.93. The molecule has 0 bridgehead atoms. The lowest BCUT2D eigenvalue weighted by molar-refractivity contribution is 0.112. The summed E-state index contributed by atoms with van der Waals surface area (Å²) in [5, 5.41) is 0. The number of hydrogen-bond acceptors (Lipinski definition) is 3. The predicted molar refractivity (Wildman–Crippen MR) is 425 cm³/mol. The fourth-order valence-electron chi connectivity index (χ4n) is 16.8. The lowest BCUT2D eigenvalue weighted by atomic mass is 9.68. The Kier molecular flexibility index (Phi) is 25.4. The van der Waals surface area contributed by atoms with Crippen molar-refractivity contribution in [1.82, 2.24) is 0 Å². The summed E-state index contributed by atoms with van der Waals surface area (Å²) in [5.74, 6) is 0.527. The van der Waals surface area contributed by atoms with Crippen LogP contribution in [0.25, 0.3) is 44.5 Å². The van der Waals surface area contributed by atoms with Gasteiger partial charge in [-0.2, -0.15) is 0 Å². The van der Waals surface area contributed by atoms with Crippen LogP contribution < -0.4 is 9.80 Å². The Labute approximate surface area is 593 Å². The van der Waals surface area contributed by atoms with Crippen LogP contribution in [0.15, 0.2) is 194 Å². The predicted octanol–water partition coefficient (Wildman–Crippen LogP) is 29.4. The Hall–Kier alpha value is -7.75. The average molecular weight is 1300 g/mol. The number of hydrogen-bond donors (Lipinski definition) is 0. The van der Waals surface area contributed by atoms with Gasteiger partial charge in [-0.15, -0.1) is 0 Å². The molecule has 2 aliphatic rings. The van der Waals surface area contributed by atoms with E-state index in [1.165, 1.54) is 258 Å². The number of nitrogens with zero attached hydrogens (tertiary/aromatic N) is 2. The van der Waals surface area contributed by atoms with E-state index < -0.39 is 0 Å². The van der Waals surface area contributed by atoms with Crippen LogP contribution in [0.4, 0.5) is 34.1 Å². The molecule has 3 heteroatoms. The number of carbonyl (C=O) groups is 1. The number of aldehydes is 1. The number of rotatable bonds is 39. The zero-order valence-electron chi connectivity index (χ0n) is 61.4. The molecule has 0 heterocycles. The molecule has 0 N–H and O–H groups in total. The first kappa shape index (κ1) is 71.5. The third-order valence-electron chi connectivity index (χ3n) is 22.8. The Bertz CT molecular complexity index is 3910. The number of carbonyl (C=O) groups excluding carboxylic acids is 1. The highest BCUT2D eigenvalue weighted by Gasteiger charge is 2.48. The second-order valence-electron chi connectivity index (χ2n) is 29.7. The molecule has 0 spiro atoms. The smallest absolute Gasteiger partial charge is 0.150 e. The molecule has 1 atom stereocenters. The van der Waals surface area contributed by atoms with E-state index in [0.717, 1.165) is 29.8 Å². The van der Waals surface area contributed by atoms with Crippen LogP contribution in [-0.4, -0.2) is 6.29 Å². The zero-order valence-corrected chi connectivity index (χ0v) is 61.4. The molecule has 0 amide bonds. The van der Waals surface area contributed by atoms with E-state index in [-0.39, 0.29) is 10.8 Å². The Morgan fingerprint density at radius 1 is 0.306 bits per heavy atom. The van der Waals surface area contributed by atoms with Gasteiger partial charge in [0.05, 0.1) is 0 Å². The van der Waals surface area contributed by atoms with Crippen molar-refractivity contribution in [3.05, 3.63) is 239 Å². The molecule has 0 aromatic heterocycles. The van der Waals surface area contributed by atoms with Gasteiger partial charge < -0.3 is 9.80 Å². The second-order valence-corrected chi connectivity index (χ2v) is 29.7. The lowest BCUT2D eigenvalue weighted by Crippen LogP contribution is -2.27. The summed E-state index contributed by atoms with van der Waals surface area (Å²) in [4.78, 5) is 16.6. The number of benzene rings is 9. The van der Waals surface area contributed by atoms with Gasteiger partial charge in [-0.1, -0.05) is 292 Å². The van der Waals surface area contributed by atoms with Crippen molar-refractivity contribution in [1.29, 1.82) is 0 Å². The summed E-state index contributed by atoms with van der Waals surface area (Å²) >= 11 is 0. The van der Waals surface area contributed by atoms with Crippen LogP contribution in [0.2, 0.25) is 0 Å². The molecule has 0 radical (unpaired) electrons. The minimum absolute atomic E-state index is 0.0938. The van der Waals surface area contributed by atoms with E-state index in [9.17, 15) is 4.79 Å². The van der Waals surface area contributed by atoms with Crippen molar-refractivity contribution in [2.24, 2.45) is 0 Å². The highest BCUT2D eigenvalue weighted by atomic mass is 16.1. The Balaban J connectivity index is 1.04. The third kappa shape index (κ3) is 16.4. The number of fused-ring (bicyclic) bond motifs is 6. The SMILES string of the molecule is CCCCCCCCC1(CCCCCCCC)c2cc(-c3ccc(N(c4ccc(C)cc4)c4ccc(C=O)cc4)cc3)ccc2-c2cc3c(cc21)-c1ccc(-c2ccc(N(c4ccc(C)cc4)c4ccc(C(C)CC)cc4)cc2)cc1C3(CCCCCCCC)CCCCCCCC. The van der Waals surface area contributed by atoms with Crippen LogP contribution in [0.3, 0.4) is 0 Å². The van der Waals surface area contributed by atoms with Gasteiger partial charge in [0.2, 0.25) is 0 Å². The van der Waals surface area contributed by atoms with Gasteiger partial charge in [-0.05, 0) is 233 Å². The molecule has 0 aliphatic heterocycles. The molecule has 1 unspecified atom stereocenters. The summed E-state index contributed by atoms with van der Waals surface area (Å²) in [6.45, 7) is 18.3. The lowest BCUT2D eigenvalue weighted by Gasteiger charge is -2.35. The number of unbranched alkanes of at least 4 members (excludes halogenated alkanes) is 20. The van der Waals surface area contributed by atoms with Crippen LogP contribution in [0.1, 0.15) is 283 Å². The molecular weight excluding hydrogens is 1190 g/mol. The van der Waals surface area contributed by atoms with Crippen molar-refractivity contribution >= 4 is 40.4 Å². The summed E-state index contributed by atoms with van der Waals surface area (Å²) in [6, 6.07) is 75.1. The Morgan fingerprint density at radius 2 is 0.582 bits per heavy atom. The van der Waals surface area contributed by atoms with Crippen molar-refractivity contribution in [3.63, 3.8) is 0 Å². The first-order valence-electron chi connectivity index (χ1n) is 39.1. The molecule has 2 aliphatic carbocycles. The maximum absolute atomic E-state index is 11.8. The minimum Gasteiger partial charge on any atom is -0.311 e. The average Bonchev–Trinajstić information content (AvgIpc) is 1.53. The molecule has 3 nitrogen and oxygen atoms in total. The monoisotopic (exact) mass is 1300 g/mol. The summed E-state index contributed by atoms with van der Waals surface area (Å²) in [6.07, 6.45) is 37.9. The molecule has 0 saturated carbocycles. The molecule has 0 fully saturated rings. The van der Waals surface area contributed by atoms with Gasteiger partial charge in [-0.3, -0.25) is 4.79 Å². The molecule has 9 aromatic carbocycles. The van der Waals surface area contributed by atoms with Gasteiger partial charge >= 0.3 is 0 Å². The van der Waals surface area contributed by atoms with Crippen molar-refractivity contribution in [2.75, 3.05) is 9.80 Å². The topological polar surface area (TPSA) is 23.6 Å². The van der Waals surface area contributed by atoms with Crippen molar-refractivity contribution in [2.45, 2.75) is 258 Å². The van der Waals surface area contributed by atoms with Crippen molar-refractivity contribution < 1.29 is 4.79 Å². The first-order chi connectivity index (χ1) is 48.1. The normalized spacial score (nSPS) is 13.4. The van der Waals surface area contributed by atoms with E-state index >= 15 is 0 Å². The number of aryl methyl sites for hydroxylation is 2. The fraction of sp³-hybridized carbons (Fsp3) is 0.421. The molecule has 98 heavy (non-hydrogen) atoms. The van der Waals surface area contributed by atoms with E-state index in [1.54, 1.807) is 22.3 Å². The van der Waals surface area contributed by atoms with Gasteiger partial charge in [0, 0.05) is 50.5 Å². The van der Waals surface area contributed by atoms with E-state index in [0.29, 0.717) is 11.5 Å². The second kappa shape index (κ2) is 34.8. The summed E-state index contributed by atoms with van der Waals surface area (Å²) < 4.78 is 0. The first-order valence-corrected chi connectivity index (χ1v) is 39.1. The van der Waals surface area contributed by atoms with E-state index in [4.69, 9.17) is 0 Å². The van der Waals surface area contributed by atoms with Gasteiger partial charge in [0.1, 0.15) is 6.29 Å². The molecule has 512 valence electrons. The molecule has 9 aromatic rings. The molecular formula is C95H116N2O. The molecule has 11 rings (SSSR count). The maximum Gasteiger partial charge on any atom is 0.150 e. The van der Waals surface area contributed by atoms with E-state index in [1.807, 2.05) is 12.1 Å². The Morgan fingerprint density at radius 3 is 0.898 bits per heavy atom. The maximum atomic E-state index is 11.8. The van der Waals surface area contributed by atoms with Gasteiger partial charge in [0.25, 0.3) is 0 Å². The van der Waals surface area contributed by atoms with Gasteiger partial charge in [0.15, 0.2) is 0 Å². The van der Waals surface area contributed by atoms with Crippen LogP contribution in [-0.2, 0) is 10.8 Å². The van der Waals surface area contributed by atoms with E-state index in [2.05, 4.69) is 247 Å². The third-order valence-corrected chi connectivity index (χ3v) is 22.8. The minimum atomic E-state index is -0.102. The number of anilines is 6. The molecule has 0 saturated heterocycles. The summed E-state index contributed by atoms with van der Waals surface area (Å²) in [5.41, 5.74) is 28.6. The van der Waals surface area contributed by atoms with Crippen LogP contribution in [0, 0.1) is 13.8 Å². The van der Waals surface area contributed by atoms with Crippen LogP contribution in [0.5, 0.6) is 0 Å². The zero-order chi connectivity index (χ0) is 68.3. The standard InChI is InChI=1S/C95H116N2O/c1-9-14-18-22-26-30-62-94(63-31-27-23-19-15-10-2)90-66-78(76-42-56-84(57-43-76)96(80-48-34-71(6)35-49-80)82-52-38-74(70-98)39-53-82)46-60-86(90)88-68-93-89(69-92(88)94)87-61-47-79(67-91(87)95(93,64-32-28-24-20-16-11-3)65-33-29-25-21-17-12-4)77-44-58-85(59-45-77)97(81-50-36-72(7)37-51-81)83-54-40-75(41-55-83)73(8)13-5/h34-61,66-70,73H,9-33,62-65H2,1-8H3. The van der Waals surface area contributed by atoms with Crippen molar-refractivity contribution in [3.8, 4) is 44.5 Å².